The van der Waals surface area contributed by atoms with E-state index in [1.807, 2.05) is 4.90 Å². The van der Waals surface area contributed by atoms with Crippen molar-refractivity contribution in [3.8, 4) is 0 Å². The smallest absolute Gasteiger partial charge is 0.222 e. The number of carbonyl (C=O) groups excluding carboxylic acids is 1. The Kier molecular flexibility index (Phi) is 12.4. The zero-order chi connectivity index (χ0) is 21.9. The summed E-state index contributed by atoms with van der Waals surface area (Å²) in [5.41, 5.74) is 2.67. The largest absolute Gasteiger partial charge is 0.357 e. The van der Waals surface area contributed by atoms with Gasteiger partial charge in [0.15, 0.2) is 5.96 Å². The van der Waals surface area contributed by atoms with Gasteiger partial charge in [0.2, 0.25) is 5.91 Å². The van der Waals surface area contributed by atoms with Gasteiger partial charge in [-0.3, -0.25) is 9.69 Å². The Bertz CT molecular complexity index is 720. The van der Waals surface area contributed by atoms with E-state index in [-0.39, 0.29) is 24.0 Å². The molecule has 7 heteroatoms. The Morgan fingerprint density at radius 2 is 1.88 bits per heavy atom. The fourth-order valence-corrected chi connectivity index (χ4v) is 4.71. The lowest BCUT2D eigenvalue weighted by Gasteiger charge is -2.31. The van der Waals surface area contributed by atoms with Crippen LogP contribution in [-0.4, -0.2) is 60.9 Å². The van der Waals surface area contributed by atoms with Crippen molar-refractivity contribution in [3.63, 3.8) is 0 Å². The zero-order valence-corrected chi connectivity index (χ0v) is 22.3. The molecule has 1 aliphatic heterocycles. The van der Waals surface area contributed by atoms with Crippen LogP contribution in [-0.2, 0) is 17.9 Å². The summed E-state index contributed by atoms with van der Waals surface area (Å²) in [6, 6.07) is 9.42. The van der Waals surface area contributed by atoms with Gasteiger partial charge in [0.25, 0.3) is 0 Å². The highest BCUT2D eigenvalue weighted by molar-refractivity contribution is 14.0. The molecule has 0 bridgehead atoms. The summed E-state index contributed by atoms with van der Waals surface area (Å²) >= 11 is 0. The molecule has 0 radical (unpaired) electrons. The van der Waals surface area contributed by atoms with Crippen molar-refractivity contribution in [2.45, 2.75) is 77.4 Å². The maximum Gasteiger partial charge on any atom is 0.222 e. The second kappa shape index (κ2) is 14.7. The van der Waals surface area contributed by atoms with E-state index < -0.39 is 0 Å². The molecule has 1 aromatic carbocycles. The molecule has 0 spiro atoms. The van der Waals surface area contributed by atoms with Gasteiger partial charge in [0.05, 0.1) is 6.54 Å². The Labute approximate surface area is 211 Å². The first kappa shape index (κ1) is 26.9. The van der Waals surface area contributed by atoms with Crippen LogP contribution in [0.4, 0.5) is 0 Å². The summed E-state index contributed by atoms with van der Waals surface area (Å²) < 4.78 is 0. The molecule has 1 aromatic rings. The lowest BCUT2D eigenvalue weighted by Crippen LogP contribution is -2.39. The van der Waals surface area contributed by atoms with Crippen LogP contribution in [0.1, 0.15) is 69.4 Å². The summed E-state index contributed by atoms with van der Waals surface area (Å²) in [4.78, 5) is 21.1. The number of nitrogens with one attached hydrogen (secondary N) is 2. The maximum atomic E-state index is 11.7. The van der Waals surface area contributed by atoms with Crippen molar-refractivity contribution in [2.75, 3.05) is 33.2 Å². The van der Waals surface area contributed by atoms with Gasteiger partial charge in [-0.25, -0.2) is 4.99 Å². The topological polar surface area (TPSA) is 60.0 Å². The molecule has 1 aliphatic carbocycles. The molecule has 1 heterocycles. The van der Waals surface area contributed by atoms with Crippen LogP contribution in [0.2, 0.25) is 0 Å². The SMILES string of the molecule is CCNC(=NCc1ccccc1CN(C)C1CCCCC1)NCCCN1CCCC1=O.I. The molecule has 1 saturated heterocycles. The van der Waals surface area contributed by atoms with Gasteiger partial charge in [0, 0.05) is 45.2 Å². The van der Waals surface area contributed by atoms with Crippen molar-refractivity contribution in [3.05, 3.63) is 35.4 Å². The number of hydrogen-bond donors (Lipinski definition) is 2. The first-order chi connectivity index (χ1) is 15.2. The van der Waals surface area contributed by atoms with Gasteiger partial charge in [-0.2, -0.15) is 0 Å². The van der Waals surface area contributed by atoms with E-state index in [0.717, 1.165) is 51.5 Å². The summed E-state index contributed by atoms with van der Waals surface area (Å²) in [5, 5.41) is 6.78. The molecule has 180 valence electrons. The van der Waals surface area contributed by atoms with Crippen LogP contribution in [0.5, 0.6) is 0 Å². The third-order valence-corrected chi connectivity index (χ3v) is 6.56. The van der Waals surface area contributed by atoms with E-state index in [2.05, 4.69) is 53.8 Å². The monoisotopic (exact) mass is 555 g/mol. The summed E-state index contributed by atoms with van der Waals surface area (Å²) in [6.45, 7) is 7.16. The minimum Gasteiger partial charge on any atom is -0.357 e. The van der Waals surface area contributed by atoms with E-state index in [0.29, 0.717) is 24.9 Å². The summed E-state index contributed by atoms with van der Waals surface area (Å²) in [6.07, 6.45) is 9.44. The van der Waals surface area contributed by atoms with E-state index in [4.69, 9.17) is 4.99 Å². The highest BCUT2D eigenvalue weighted by Gasteiger charge is 2.20. The van der Waals surface area contributed by atoms with Crippen LogP contribution >= 0.6 is 24.0 Å². The van der Waals surface area contributed by atoms with Crippen LogP contribution in [0, 0.1) is 0 Å². The normalized spacial score (nSPS) is 17.5. The molecule has 1 saturated carbocycles. The van der Waals surface area contributed by atoms with E-state index in [1.165, 1.54) is 43.2 Å². The van der Waals surface area contributed by atoms with Crippen LogP contribution in [0.3, 0.4) is 0 Å². The number of benzene rings is 1. The maximum absolute atomic E-state index is 11.7. The number of amides is 1. The van der Waals surface area contributed by atoms with Crippen molar-refractivity contribution >= 4 is 35.8 Å². The number of aliphatic imine (C=N–C) groups is 1. The van der Waals surface area contributed by atoms with E-state index in [1.54, 1.807) is 0 Å². The van der Waals surface area contributed by atoms with Gasteiger partial charge in [0.1, 0.15) is 0 Å². The molecule has 2 N–H and O–H groups in total. The number of carbonyl (C=O) groups is 1. The fourth-order valence-electron chi connectivity index (χ4n) is 4.71. The molecule has 2 aliphatic rings. The van der Waals surface area contributed by atoms with Gasteiger partial charge in [-0.1, -0.05) is 43.5 Å². The zero-order valence-electron chi connectivity index (χ0n) is 19.9. The molecule has 0 unspecified atom stereocenters. The lowest BCUT2D eigenvalue weighted by atomic mass is 9.94. The highest BCUT2D eigenvalue weighted by atomic mass is 127. The molecule has 3 rings (SSSR count). The molecular weight excluding hydrogens is 513 g/mol. The average molecular weight is 556 g/mol. The van der Waals surface area contributed by atoms with Crippen LogP contribution in [0.15, 0.2) is 29.3 Å². The summed E-state index contributed by atoms with van der Waals surface area (Å²) in [5.74, 6) is 1.15. The second-order valence-electron chi connectivity index (χ2n) is 8.94. The number of halogens is 1. The Morgan fingerprint density at radius 3 is 2.56 bits per heavy atom. The predicted octanol–water partition coefficient (Wildman–Crippen LogP) is 4.14. The lowest BCUT2D eigenvalue weighted by molar-refractivity contribution is -0.127. The Hall–Kier alpha value is -1.35. The van der Waals surface area contributed by atoms with Crippen molar-refractivity contribution in [1.29, 1.82) is 0 Å². The second-order valence-corrected chi connectivity index (χ2v) is 8.94. The van der Waals surface area contributed by atoms with Gasteiger partial charge in [-0.15, -0.1) is 24.0 Å². The Morgan fingerprint density at radius 1 is 1.12 bits per heavy atom. The number of hydrogen-bond acceptors (Lipinski definition) is 3. The molecule has 1 amide bonds. The Balaban J connectivity index is 0.00000363. The predicted molar refractivity (Wildman–Crippen MR) is 143 cm³/mol. The first-order valence-electron chi connectivity index (χ1n) is 12.2. The number of rotatable bonds is 10. The average Bonchev–Trinajstić information content (AvgIpc) is 3.21. The molecule has 0 atom stereocenters. The van der Waals surface area contributed by atoms with Crippen LogP contribution < -0.4 is 10.6 Å². The van der Waals surface area contributed by atoms with Gasteiger partial charge < -0.3 is 15.5 Å². The van der Waals surface area contributed by atoms with Crippen molar-refractivity contribution in [2.24, 2.45) is 4.99 Å². The summed E-state index contributed by atoms with van der Waals surface area (Å²) in [7, 11) is 2.27. The quantitative estimate of drug-likeness (QED) is 0.197. The molecule has 2 fully saturated rings. The number of guanidine groups is 1. The highest BCUT2D eigenvalue weighted by Crippen LogP contribution is 2.23. The number of likely N-dealkylation sites (tertiary alicyclic amines) is 1. The first-order valence-corrected chi connectivity index (χ1v) is 12.2. The standard InChI is InChI=1S/C25H41N5O.HI/c1-3-26-25(27-16-10-18-30-17-9-15-24(30)31)28-19-21-11-7-8-12-22(21)20-29(2)23-13-5-4-6-14-23;/h7-8,11-12,23H,3-6,9-10,13-20H2,1-2H3,(H2,26,27,28);1H. The fraction of sp³-hybridized carbons (Fsp3) is 0.680. The third kappa shape index (κ3) is 8.54. The molecule has 32 heavy (non-hydrogen) atoms. The van der Waals surface area contributed by atoms with Crippen molar-refractivity contribution in [1.82, 2.24) is 20.4 Å². The van der Waals surface area contributed by atoms with E-state index in [9.17, 15) is 4.79 Å². The minimum atomic E-state index is 0. The molecule has 6 nitrogen and oxygen atoms in total. The molecular formula is C25H42IN5O. The van der Waals surface area contributed by atoms with Crippen molar-refractivity contribution < 1.29 is 4.79 Å². The van der Waals surface area contributed by atoms with E-state index >= 15 is 0 Å². The third-order valence-electron chi connectivity index (χ3n) is 6.56. The van der Waals surface area contributed by atoms with Gasteiger partial charge >= 0.3 is 0 Å². The number of nitrogens with zero attached hydrogens (tertiary/aromatic N) is 3. The minimum absolute atomic E-state index is 0. The molecule has 0 aromatic heterocycles. The van der Waals surface area contributed by atoms with Crippen LogP contribution in [0.25, 0.3) is 0 Å². The van der Waals surface area contributed by atoms with Gasteiger partial charge in [-0.05, 0) is 50.8 Å².